The van der Waals surface area contributed by atoms with E-state index in [1.807, 2.05) is 0 Å². The van der Waals surface area contributed by atoms with E-state index in [1.165, 1.54) is 7.11 Å². The summed E-state index contributed by atoms with van der Waals surface area (Å²) < 4.78 is 5.15. The Morgan fingerprint density at radius 3 is 2.94 bits per heavy atom. The monoisotopic (exact) mass is 260 g/mol. The van der Waals surface area contributed by atoms with Crippen LogP contribution in [0.3, 0.4) is 0 Å². The first-order valence-electron chi connectivity index (χ1n) is 4.67. The molecule has 0 aliphatic rings. The number of methoxy groups -OCH3 is 1. The fourth-order valence-corrected chi connectivity index (χ4v) is 1.61. The van der Waals surface area contributed by atoms with E-state index in [1.54, 1.807) is 18.2 Å². The summed E-state index contributed by atoms with van der Waals surface area (Å²) in [4.78, 5) is 0. The number of hydrogen-bond donors (Lipinski definition) is 3. The second-order valence-electron chi connectivity index (χ2n) is 2.93. The number of ether oxygens (including phenoxy) is 1. The summed E-state index contributed by atoms with van der Waals surface area (Å²) in [5, 5.41) is 15.3. The van der Waals surface area contributed by atoms with E-state index in [4.69, 9.17) is 33.7 Å². The largest absolute Gasteiger partial charge is 0.493 e. The predicted octanol–water partition coefficient (Wildman–Crippen LogP) is 1.63. The van der Waals surface area contributed by atoms with E-state index >= 15 is 0 Å². The first-order valence-corrected chi connectivity index (χ1v) is 5.46. The highest BCUT2D eigenvalue weighted by Gasteiger charge is 2.07. The third-order valence-corrected chi connectivity index (χ3v) is 2.36. The predicted molar refractivity (Wildman–Crippen MR) is 69.3 cm³/mol. The molecule has 4 nitrogen and oxygen atoms in total. The Hall–Kier alpha value is -1.04. The van der Waals surface area contributed by atoms with Gasteiger partial charge in [0.05, 0.1) is 24.4 Å². The van der Waals surface area contributed by atoms with Gasteiger partial charge in [-0.25, -0.2) is 0 Å². The highest BCUT2D eigenvalue weighted by molar-refractivity contribution is 7.80. The Labute approximate surface area is 105 Å². The van der Waals surface area contributed by atoms with Gasteiger partial charge < -0.3 is 20.5 Å². The van der Waals surface area contributed by atoms with Crippen LogP contribution in [0.5, 0.6) is 5.75 Å². The minimum atomic E-state index is 0.0223. The molecule has 0 radical (unpaired) electrons. The van der Waals surface area contributed by atoms with Crippen LogP contribution in [-0.4, -0.2) is 30.5 Å². The normalized spacial score (nSPS) is 9.69. The van der Waals surface area contributed by atoms with Crippen LogP contribution in [0.25, 0.3) is 0 Å². The molecule has 0 aromatic heterocycles. The van der Waals surface area contributed by atoms with Crippen molar-refractivity contribution in [3.05, 3.63) is 23.2 Å². The summed E-state index contributed by atoms with van der Waals surface area (Å²) in [6.45, 7) is 0.420. The van der Waals surface area contributed by atoms with Gasteiger partial charge in [0.2, 0.25) is 0 Å². The van der Waals surface area contributed by atoms with Crippen LogP contribution in [-0.2, 0) is 0 Å². The number of anilines is 1. The number of halogens is 1. The standard InChI is InChI=1S/C10H13ClN2O2S/c1-15-9-7(11)3-2-4-8(9)13-10(16)12-5-6-14/h2-4,14H,5-6H2,1H3,(H2,12,13,16). The van der Waals surface area contributed by atoms with Gasteiger partial charge in [0, 0.05) is 6.54 Å². The van der Waals surface area contributed by atoms with Crippen molar-refractivity contribution in [2.75, 3.05) is 25.6 Å². The Balaban J connectivity index is 2.73. The lowest BCUT2D eigenvalue weighted by Crippen LogP contribution is -2.30. The van der Waals surface area contributed by atoms with E-state index < -0.39 is 0 Å². The summed E-state index contributed by atoms with van der Waals surface area (Å²) in [6, 6.07) is 5.33. The van der Waals surface area contributed by atoms with Crippen molar-refractivity contribution in [3.8, 4) is 5.75 Å². The quantitative estimate of drug-likeness (QED) is 0.719. The van der Waals surface area contributed by atoms with Crippen molar-refractivity contribution < 1.29 is 9.84 Å². The van der Waals surface area contributed by atoms with Crippen LogP contribution < -0.4 is 15.4 Å². The minimum Gasteiger partial charge on any atom is -0.493 e. The molecule has 0 heterocycles. The summed E-state index contributed by atoms with van der Waals surface area (Å²) >= 11 is 11.0. The highest BCUT2D eigenvalue weighted by atomic mass is 35.5. The average molecular weight is 261 g/mol. The van der Waals surface area contributed by atoms with Gasteiger partial charge in [0.25, 0.3) is 0 Å². The number of nitrogens with one attached hydrogen (secondary N) is 2. The van der Waals surface area contributed by atoms with Gasteiger partial charge in [0.15, 0.2) is 10.9 Å². The molecule has 0 saturated carbocycles. The molecule has 1 aromatic rings. The van der Waals surface area contributed by atoms with E-state index in [0.29, 0.717) is 28.1 Å². The first-order chi connectivity index (χ1) is 7.69. The Morgan fingerprint density at radius 1 is 1.56 bits per heavy atom. The molecule has 1 rings (SSSR count). The maximum atomic E-state index is 8.63. The number of hydrogen-bond acceptors (Lipinski definition) is 3. The summed E-state index contributed by atoms with van der Waals surface area (Å²) in [6.07, 6.45) is 0. The van der Waals surface area contributed by atoms with Crippen molar-refractivity contribution in [1.29, 1.82) is 0 Å². The number of para-hydroxylation sites is 1. The van der Waals surface area contributed by atoms with Gasteiger partial charge in [0.1, 0.15) is 0 Å². The topological polar surface area (TPSA) is 53.5 Å². The Kier molecular flexibility index (Phi) is 5.31. The molecule has 0 amide bonds. The molecular formula is C10H13ClN2O2S. The maximum Gasteiger partial charge on any atom is 0.170 e. The molecule has 0 aliphatic heterocycles. The molecule has 0 aliphatic carbocycles. The van der Waals surface area contributed by atoms with Crippen LogP contribution >= 0.6 is 23.8 Å². The first kappa shape index (κ1) is 13.0. The molecule has 88 valence electrons. The van der Waals surface area contributed by atoms with E-state index in [9.17, 15) is 0 Å². The van der Waals surface area contributed by atoms with Crippen LogP contribution in [0.1, 0.15) is 0 Å². The molecule has 1 aromatic carbocycles. The second-order valence-corrected chi connectivity index (χ2v) is 3.74. The fourth-order valence-electron chi connectivity index (χ4n) is 1.15. The minimum absolute atomic E-state index is 0.0223. The van der Waals surface area contributed by atoms with E-state index in [-0.39, 0.29) is 6.61 Å². The highest BCUT2D eigenvalue weighted by Crippen LogP contribution is 2.32. The third kappa shape index (κ3) is 3.52. The van der Waals surface area contributed by atoms with Crippen LogP contribution in [0.2, 0.25) is 5.02 Å². The molecule has 0 saturated heterocycles. The smallest absolute Gasteiger partial charge is 0.170 e. The van der Waals surface area contributed by atoms with Crippen molar-refractivity contribution in [2.24, 2.45) is 0 Å². The third-order valence-electron chi connectivity index (χ3n) is 1.82. The van der Waals surface area contributed by atoms with Crippen molar-refractivity contribution in [1.82, 2.24) is 5.32 Å². The molecule has 0 unspecified atom stereocenters. The summed E-state index contributed by atoms with van der Waals surface area (Å²) in [5.41, 5.74) is 0.686. The van der Waals surface area contributed by atoms with Crippen molar-refractivity contribution in [2.45, 2.75) is 0 Å². The lowest BCUT2D eigenvalue weighted by Gasteiger charge is -2.13. The lowest BCUT2D eigenvalue weighted by molar-refractivity contribution is 0.300. The van der Waals surface area contributed by atoms with Crippen molar-refractivity contribution in [3.63, 3.8) is 0 Å². The van der Waals surface area contributed by atoms with Crippen LogP contribution in [0.4, 0.5) is 5.69 Å². The zero-order valence-electron chi connectivity index (χ0n) is 8.79. The van der Waals surface area contributed by atoms with Crippen LogP contribution in [0.15, 0.2) is 18.2 Å². The SMILES string of the molecule is COc1c(Cl)cccc1NC(=S)NCCO. The van der Waals surface area contributed by atoms with Gasteiger partial charge >= 0.3 is 0 Å². The molecule has 0 fully saturated rings. The maximum absolute atomic E-state index is 8.63. The molecule has 0 spiro atoms. The molecule has 3 N–H and O–H groups in total. The summed E-state index contributed by atoms with van der Waals surface area (Å²) in [7, 11) is 1.54. The number of aliphatic hydroxyl groups is 1. The second kappa shape index (κ2) is 6.52. The zero-order chi connectivity index (χ0) is 12.0. The number of thiocarbonyl (C=S) groups is 1. The Morgan fingerprint density at radius 2 is 2.31 bits per heavy atom. The average Bonchev–Trinajstić information content (AvgIpc) is 2.27. The van der Waals surface area contributed by atoms with Gasteiger partial charge in [-0.05, 0) is 24.4 Å². The fraction of sp³-hybridized carbons (Fsp3) is 0.300. The van der Waals surface area contributed by atoms with E-state index in [0.717, 1.165) is 0 Å². The molecule has 6 heteroatoms. The number of aliphatic hydroxyl groups excluding tert-OH is 1. The van der Waals surface area contributed by atoms with E-state index in [2.05, 4.69) is 10.6 Å². The number of rotatable bonds is 4. The molecule has 16 heavy (non-hydrogen) atoms. The molecular weight excluding hydrogens is 248 g/mol. The molecule has 0 atom stereocenters. The lowest BCUT2D eigenvalue weighted by atomic mass is 10.3. The summed E-state index contributed by atoms with van der Waals surface area (Å²) in [5.74, 6) is 0.539. The Bertz CT molecular complexity index is 374. The van der Waals surface area contributed by atoms with Gasteiger partial charge in [-0.15, -0.1) is 0 Å². The zero-order valence-corrected chi connectivity index (χ0v) is 10.4. The van der Waals surface area contributed by atoms with Gasteiger partial charge in [-0.1, -0.05) is 17.7 Å². The van der Waals surface area contributed by atoms with Gasteiger partial charge in [-0.3, -0.25) is 0 Å². The van der Waals surface area contributed by atoms with Crippen molar-refractivity contribution >= 4 is 34.6 Å². The van der Waals surface area contributed by atoms with Gasteiger partial charge in [-0.2, -0.15) is 0 Å². The number of benzene rings is 1. The van der Waals surface area contributed by atoms with Crippen LogP contribution in [0, 0.1) is 0 Å². The molecule has 0 bridgehead atoms.